The van der Waals surface area contributed by atoms with E-state index in [2.05, 4.69) is 15.2 Å². The molecular weight excluding hydrogens is 539 g/mol. The highest BCUT2D eigenvalue weighted by Crippen LogP contribution is 2.43. The van der Waals surface area contributed by atoms with Gasteiger partial charge in [0.2, 0.25) is 5.88 Å². The first-order valence-corrected chi connectivity index (χ1v) is 13.5. The topological polar surface area (TPSA) is 85.8 Å². The van der Waals surface area contributed by atoms with Crippen molar-refractivity contribution in [2.75, 3.05) is 44.9 Å². The molecule has 1 fully saturated rings. The fourth-order valence-electron chi connectivity index (χ4n) is 5.24. The number of pyridine rings is 2. The standard InChI is InChI=1S/C29H26Cl2N4O4/c1-37-29-24(18-6-4-7-21(30)25(18)31)26-19(15-33-29)27(35-10-13-38-14-11-35)20(16-32-26)28(36)34-22-9-12-39-23-8-3-2-5-17(22)23/h2-8,15-16,22H,9-14H2,1H3,(H,34,36)/t22-/m0/s1. The maximum absolute atomic E-state index is 13.9. The van der Waals surface area contributed by atoms with Crippen molar-refractivity contribution in [1.29, 1.82) is 0 Å². The van der Waals surface area contributed by atoms with Crippen LogP contribution < -0.4 is 19.7 Å². The van der Waals surface area contributed by atoms with Gasteiger partial charge in [0.25, 0.3) is 5.91 Å². The molecule has 2 aromatic carbocycles. The van der Waals surface area contributed by atoms with E-state index >= 15 is 0 Å². The summed E-state index contributed by atoms with van der Waals surface area (Å²) in [5.74, 6) is 0.937. The molecule has 2 aliphatic rings. The highest BCUT2D eigenvalue weighted by molar-refractivity contribution is 6.44. The fourth-order valence-corrected chi connectivity index (χ4v) is 5.64. The Morgan fingerprint density at radius 2 is 1.87 bits per heavy atom. The van der Waals surface area contributed by atoms with Crippen LogP contribution in [-0.4, -0.2) is 55.9 Å². The van der Waals surface area contributed by atoms with Crippen LogP contribution in [0.1, 0.15) is 28.4 Å². The molecule has 2 aromatic heterocycles. The SMILES string of the molecule is COc1ncc2c(N3CCOCC3)c(C(=O)N[C@H]3CCOc4ccccc43)cnc2c1-c1cccc(Cl)c1Cl. The first-order valence-electron chi connectivity index (χ1n) is 12.7. The number of carbonyl (C=O) groups excluding carboxylic acids is 1. The van der Waals surface area contributed by atoms with Crippen molar-refractivity contribution in [2.24, 2.45) is 0 Å². The van der Waals surface area contributed by atoms with Gasteiger partial charge in [-0.15, -0.1) is 0 Å². The Balaban J connectivity index is 1.50. The third-order valence-electron chi connectivity index (χ3n) is 7.10. The summed E-state index contributed by atoms with van der Waals surface area (Å²) in [6, 6.07) is 13.0. The second-order valence-corrected chi connectivity index (χ2v) is 10.1. The number of carbonyl (C=O) groups is 1. The van der Waals surface area contributed by atoms with E-state index in [9.17, 15) is 4.79 Å². The molecule has 8 nitrogen and oxygen atoms in total. The van der Waals surface area contributed by atoms with Gasteiger partial charge in [-0.1, -0.05) is 53.5 Å². The van der Waals surface area contributed by atoms with Gasteiger partial charge >= 0.3 is 0 Å². The smallest absolute Gasteiger partial charge is 0.255 e. The lowest BCUT2D eigenvalue weighted by Crippen LogP contribution is -2.39. The molecule has 0 radical (unpaired) electrons. The minimum atomic E-state index is -0.217. The third-order valence-corrected chi connectivity index (χ3v) is 7.92. The minimum Gasteiger partial charge on any atom is -0.493 e. The predicted octanol–water partition coefficient (Wildman–Crippen LogP) is 5.70. The molecule has 2 aliphatic heterocycles. The normalized spacial score (nSPS) is 16.9. The van der Waals surface area contributed by atoms with Gasteiger partial charge in [-0.2, -0.15) is 0 Å². The number of methoxy groups -OCH3 is 1. The average Bonchev–Trinajstić information content (AvgIpc) is 2.98. The lowest BCUT2D eigenvalue weighted by Gasteiger charge is -2.32. The number of morpholine rings is 1. The van der Waals surface area contributed by atoms with E-state index in [1.807, 2.05) is 36.4 Å². The summed E-state index contributed by atoms with van der Waals surface area (Å²) >= 11 is 13.0. The third kappa shape index (κ3) is 4.73. The van der Waals surface area contributed by atoms with Gasteiger partial charge in [-0.3, -0.25) is 9.78 Å². The quantitative estimate of drug-likeness (QED) is 0.332. The van der Waals surface area contributed by atoms with Crippen molar-refractivity contribution in [3.8, 4) is 22.8 Å². The molecule has 1 saturated heterocycles. The van der Waals surface area contributed by atoms with E-state index < -0.39 is 0 Å². The second kappa shape index (κ2) is 10.9. The number of ether oxygens (including phenoxy) is 3. The lowest BCUT2D eigenvalue weighted by molar-refractivity contribution is 0.0923. The van der Waals surface area contributed by atoms with Gasteiger partial charge in [-0.05, 0) is 12.1 Å². The number of rotatable bonds is 5. The van der Waals surface area contributed by atoms with Crippen LogP contribution in [0.25, 0.3) is 22.0 Å². The number of nitrogens with zero attached hydrogens (tertiary/aromatic N) is 3. The van der Waals surface area contributed by atoms with Gasteiger partial charge < -0.3 is 24.4 Å². The Labute approximate surface area is 235 Å². The zero-order valence-corrected chi connectivity index (χ0v) is 22.8. The molecule has 4 aromatic rings. The maximum atomic E-state index is 13.9. The summed E-state index contributed by atoms with van der Waals surface area (Å²) < 4.78 is 17.0. The van der Waals surface area contributed by atoms with Crippen molar-refractivity contribution in [1.82, 2.24) is 15.3 Å². The van der Waals surface area contributed by atoms with Crippen LogP contribution in [0.5, 0.6) is 11.6 Å². The van der Waals surface area contributed by atoms with E-state index in [1.54, 1.807) is 25.6 Å². The molecular formula is C29H26Cl2N4O4. The Morgan fingerprint density at radius 1 is 1.05 bits per heavy atom. The highest BCUT2D eigenvalue weighted by Gasteiger charge is 2.29. The molecule has 1 atom stereocenters. The van der Waals surface area contributed by atoms with E-state index in [-0.39, 0.29) is 11.9 Å². The largest absolute Gasteiger partial charge is 0.493 e. The van der Waals surface area contributed by atoms with Crippen LogP contribution in [0.2, 0.25) is 10.0 Å². The molecule has 1 amide bonds. The van der Waals surface area contributed by atoms with Gasteiger partial charge in [0, 0.05) is 48.4 Å². The first-order chi connectivity index (χ1) is 19.1. The summed E-state index contributed by atoms with van der Waals surface area (Å²) in [5, 5.41) is 4.72. The number of hydrogen-bond donors (Lipinski definition) is 1. The summed E-state index contributed by atoms with van der Waals surface area (Å²) in [5.41, 5.74) is 4.04. The van der Waals surface area contributed by atoms with Gasteiger partial charge in [0.1, 0.15) is 5.75 Å². The van der Waals surface area contributed by atoms with Crippen molar-refractivity contribution >= 4 is 45.7 Å². The van der Waals surface area contributed by atoms with Crippen LogP contribution >= 0.6 is 23.2 Å². The number of hydrogen-bond acceptors (Lipinski definition) is 7. The molecule has 4 heterocycles. The van der Waals surface area contributed by atoms with Crippen LogP contribution in [0.3, 0.4) is 0 Å². The van der Waals surface area contributed by atoms with Crippen molar-refractivity contribution in [2.45, 2.75) is 12.5 Å². The van der Waals surface area contributed by atoms with Gasteiger partial charge in [-0.25, -0.2) is 4.98 Å². The monoisotopic (exact) mass is 564 g/mol. The van der Waals surface area contributed by atoms with Crippen LogP contribution in [0.15, 0.2) is 54.9 Å². The number of benzene rings is 2. The number of amides is 1. The molecule has 0 bridgehead atoms. The number of fused-ring (bicyclic) bond motifs is 2. The van der Waals surface area contributed by atoms with Crippen molar-refractivity contribution in [3.63, 3.8) is 0 Å². The van der Waals surface area contributed by atoms with E-state index in [1.165, 1.54) is 0 Å². The number of halogens is 2. The number of nitrogens with one attached hydrogen (secondary N) is 1. The summed E-state index contributed by atoms with van der Waals surface area (Å²) in [6.45, 7) is 2.88. The fraction of sp³-hybridized carbons (Fsp3) is 0.276. The molecule has 1 N–H and O–H groups in total. The van der Waals surface area contributed by atoms with E-state index in [0.29, 0.717) is 82.8 Å². The molecule has 0 aliphatic carbocycles. The Morgan fingerprint density at radius 3 is 2.69 bits per heavy atom. The Hall–Kier alpha value is -3.59. The summed E-state index contributed by atoms with van der Waals surface area (Å²) in [4.78, 5) is 25.4. The zero-order chi connectivity index (χ0) is 26.9. The molecule has 6 rings (SSSR count). The van der Waals surface area contributed by atoms with Crippen molar-refractivity contribution < 1.29 is 19.0 Å². The van der Waals surface area contributed by atoms with Crippen LogP contribution in [-0.2, 0) is 4.74 Å². The molecule has 39 heavy (non-hydrogen) atoms. The maximum Gasteiger partial charge on any atom is 0.255 e. The number of para-hydroxylation sites is 1. The molecule has 200 valence electrons. The zero-order valence-electron chi connectivity index (χ0n) is 21.2. The Kier molecular flexibility index (Phi) is 7.16. The predicted molar refractivity (Wildman–Crippen MR) is 151 cm³/mol. The van der Waals surface area contributed by atoms with E-state index in [4.69, 9.17) is 42.4 Å². The van der Waals surface area contributed by atoms with Crippen LogP contribution in [0, 0.1) is 0 Å². The average molecular weight is 565 g/mol. The second-order valence-electron chi connectivity index (χ2n) is 9.33. The van der Waals surface area contributed by atoms with E-state index in [0.717, 1.165) is 17.0 Å². The van der Waals surface area contributed by atoms with Gasteiger partial charge in [0.05, 0.1) is 65.3 Å². The summed E-state index contributed by atoms with van der Waals surface area (Å²) in [7, 11) is 1.55. The number of anilines is 1. The van der Waals surface area contributed by atoms with Crippen molar-refractivity contribution in [3.05, 3.63) is 76.0 Å². The molecule has 10 heteroatoms. The minimum absolute atomic E-state index is 0.175. The van der Waals surface area contributed by atoms with Gasteiger partial charge in [0.15, 0.2) is 0 Å². The van der Waals surface area contributed by atoms with Crippen LogP contribution in [0.4, 0.5) is 5.69 Å². The molecule has 0 spiro atoms. The first kappa shape index (κ1) is 25.7. The highest BCUT2D eigenvalue weighted by atomic mass is 35.5. The molecule has 0 saturated carbocycles. The lowest BCUT2D eigenvalue weighted by atomic mass is 9.99. The number of aromatic nitrogens is 2. The Bertz CT molecular complexity index is 1560. The molecule has 0 unspecified atom stereocenters. The summed E-state index contributed by atoms with van der Waals surface area (Å²) in [6.07, 6.45) is 4.00.